The number of pyridine rings is 1. The Morgan fingerprint density at radius 1 is 1.25 bits per heavy atom. The Hall–Kier alpha value is -2.27. The Bertz CT molecular complexity index is 734. The third-order valence-corrected chi connectivity index (χ3v) is 4.57. The number of carbonyl (C=O) groups is 1. The van der Waals surface area contributed by atoms with Gasteiger partial charge in [-0.15, -0.1) is 0 Å². The number of hydrogen-bond donors (Lipinski definition) is 1. The second-order valence-corrected chi connectivity index (χ2v) is 6.13. The van der Waals surface area contributed by atoms with Crippen LogP contribution in [0.4, 0.5) is 4.39 Å². The van der Waals surface area contributed by atoms with Gasteiger partial charge in [0.2, 0.25) is 5.91 Å². The zero-order valence-electron chi connectivity index (χ0n) is 14.0. The fourth-order valence-electron chi connectivity index (χ4n) is 3.06. The Kier molecular flexibility index (Phi) is 4.90. The first-order valence-electron chi connectivity index (χ1n) is 8.33. The van der Waals surface area contributed by atoms with E-state index in [9.17, 15) is 9.18 Å². The number of amides is 1. The Morgan fingerprint density at radius 3 is 2.79 bits per heavy atom. The number of rotatable bonds is 4. The smallest absolute Gasteiger partial charge is 0.239 e. The van der Waals surface area contributed by atoms with E-state index < -0.39 is 0 Å². The number of halogens is 1. The molecule has 2 atom stereocenters. The maximum atomic E-state index is 14.0. The number of hydrogen-bond acceptors (Lipinski definition) is 3. The Labute approximate surface area is 141 Å². The van der Waals surface area contributed by atoms with Crippen LogP contribution < -0.4 is 5.32 Å². The molecule has 0 spiro atoms. The highest BCUT2D eigenvalue weighted by Gasteiger charge is 2.32. The van der Waals surface area contributed by atoms with Crippen LogP contribution in [-0.4, -0.2) is 35.4 Å². The van der Waals surface area contributed by atoms with Crippen LogP contribution in [0, 0.1) is 5.82 Å². The molecule has 2 heterocycles. The SMILES string of the molecule is CCN(C)C(=O)C1CCC(c2cccc(-c3ccccc3F)n2)N1. The quantitative estimate of drug-likeness (QED) is 0.938. The summed E-state index contributed by atoms with van der Waals surface area (Å²) in [5.41, 5.74) is 1.97. The zero-order chi connectivity index (χ0) is 17.1. The molecule has 1 fully saturated rings. The Morgan fingerprint density at radius 2 is 2.04 bits per heavy atom. The standard InChI is InChI=1S/C19H22FN3O/c1-3-23(2)19(24)18-12-11-17(22-18)16-10-6-9-15(21-16)13-7-4-5-8-14(13)20/h4-10,17-18,22H,3,11-12H2,1-2H3. The van der Waals surface area contributed by atoms with Crippen LogP contribution in [0.3, 0.4) is 0 Å². The van der Waals surface area contributed by atoms with E-state index in [4.69, 9.17) is 0 Å². The molecule has 1 amide bonds. The number of likely N-dealkylation sites (N-methyl/N-ethyl adjacent to an activating group) is 1. The highest BCUT2D eigenvalue weighted by atomic mass is 19.1. The number of nitrogens with one attached hydrogen (secondary N) is 1. The molecule has 2 aromatic rings. The van der Waals surface area contributed by atoms with Gasteiger partial charge in [-0.05, 0) is 44.0 Å². The zero-order valence-corrected chi connectivity index (χ0v) is 14.0. The molecule has 4 nitrogen and oxygen atoms in total. The normalized spacial score (nSPS) is 20.1. The minimum Gasteiger partial charge on any atom is -0.345 e. The van der Waals surface area contributed by atoms with Gasteiger partial charge in [-0.1, -0.05) is 18.2 Å². The van der Waals surface area contributed by atoms with Gasteiger partial charge >= 0.3 is 0 Å². The summed E-state index contributed by atoms with van der Waals surface area (Å²) in [6, 6.07) is 12.1. The summed E-state index contributed by atoms with van der Waals surface area (Å²) in [4.78, 5) is 18.6. The van der Waals surface area contributed by atoms with Gasteiger partial charge in [-0.25, -0.2) is 4.39 Å². The highest BCUT2D eigenvalue weighted by molar-refractivity contribution is 5.82. The average Bonchev–Trinajstić information content (AvgIpc) is 3.11. The largest absolute Gasteiger partial charge is 0.345 e. The van der Waals surface area contributed by atoms with E-state index in [2.05, 4.69) is 10.3 Å². The summed E-state index contributed by atoms with van der Waals surface area (Å²) in [7, 11) is 1.81. The molecule has 1 N–H and O–H groups in total. The lowest BCUT2D eigenvalue weighted by Gasteiger charge is -2.20. The topological polar surface area (TPSA) is 45.2 Å². The molecule has 1 aliphatic heterocycles. The molecule has 126 valence electrons. The predicted molar refractivity (Wildman–Crippen MR) is 91.8 cm³/mol. The lowest BCUT2D eigenvalue weighted by atomic mass is 10.1. The summed E-state index contributed by atoms with van der Waals surface area (Å²) in [6.07, 6.45) is 1.64. The predicted octanol–water partition coefficient (Wildman–Crippen LogP) is 3.16. The van der Waals surface area contributed by atoms with Crippen molar-refractivity contribution in [2.75, 3.05) is 13.6 Å². The molecule has 0 aliphatic carbocycles. The van der Waals surface area contributed by atoms with E-state index >= 15 is 0 Å². The summed E-state index contributed by atoms with van der Waals surface area (Å²) in [5.74, 6) is -0.163. The van der Waals surface area contributed by atoms with Crippen molar-refractivity contribution in [3.63, 3.8) is 0 Å². The molecule has 5 heteroatoms. The second-order valence-electron chi connectivity index (χ2n) is 6.13. The summed E-state index contributed by atoms with van der Waals surface area (Å²) in [5, 5.41) is 3.37. The van der Waals surface area contributed by atoms with Crippen molar-refractivity contribution in [2.45, 2.75) is 31.8 Å². The minimum atomic E-state index is -0.279. The first-order chi connectivity index (χ1) is 11.6. The van der Waals surface area contributed by atoms with Crippen molar-refractivity contribution >= 4 is 5.91 Å². The summed E-state index contributed by atoms with van der Waals surface area (Å²) >= 11 is 0. The average molecular weight is 327 g/mol. The van der Waals surface area contributed by atoms with Crippen LogP contribution >= 0.6 is 0 Å². The molecule has 1 saturated heterocycles. The van der Waals surface area contributed by atoms with Crippen LogP contribution in [0.15, 0.2) is 42.5 Å². The third-order valence-electron chi connectivity index (χ3n) is 4.57. The molecule has 1 aromatic carbocycles. The summed E-state index contributed by atoms with van der Waals surface area (Å²) in [6.45, 7) is 2.66. The van der Waals surface area contributed by atoms with Gasteiger partial charge in [0.25, 0.3) is 0 Å². The number of nitrogens with zero attached hydrogens (tertiary/aromatic N) is 2. The first-order valence-corrected chi connectivity index (χ1v) is 8.33. The van der Waals surface area contributed by atoms with Crippen molar-refractivity contribution in [1.82, 2.24) is 15.2 Å². The van der Waals surface area contributed by atoms with E-state index in [1.807, 2.05) is 32.2 Å². The molecule has 1 aromatic heterocycles. The third kappa shape index (κ3) is 3.31. The van der Waals surface area contributed by atoms with Crippen LogP contribution in [0.25, 0.3) is 11.3 Å². The molecule has 24 heavy (non-hydrogen) atoms. The Balaban J connectivity index is 1.78. The molecule has 0 radical (unpaired) electrons. The van der Waals surface area contributed by atoms with Gasteiger partial charge in [0, 0.05) is 19.2 Å². The molecule has 3 rings (SSSR count). The maximum Gasteiger partial charge on any atom is 0.239 e. The number of aromatic nitrogens is 1. The van der Waals surface area contributed by atoms with Crippen molar-refractivity contribution < 1.29 is 9.18 Å². The van der Waals surface area contributed by atoms with Crippen molar-refractivity contribution in [3.8, 4) is 11.3 Å². The van der Waals surface area contributed by atoms with E-state index in [1.54, 1.807) is 23.1 Å². The number of carbonyl (C=O) groups excluding carboxylic acids is 1. The fraction of sp³-hybridized carbons (Fsp3) is 0.368. The number of benzene rings is 1. The maximum absolute atomic E-state index is 14.0. The van der Waals surface area contributed by atoms with Crippen molar-refractivity contribution in [1.29, 1.82) is 0 Å². The van der Waals surface area contributed by atoms with Crippen molar-refractivity contribution in [3.05, 3.63) is 54.0 Å². The molecule has 1 aliphatic rings. The van der Waals surface area contributed by atoms with E-state index in [0.29, 0.717) is 17.8 Å². The first kappa shape index (κ1) is 16.6. The van der Waals surface area contributed by atoms with E-state index in [0.717, 1.165) is 18.5 Å². The van der Waals surface area contributed by atoms with Gasteiger partial charge in [0.1, 0.15) is 5.82 Å². The molecular formula is C19H22FN3O. The van der Waals surface area contributed by atoms with Crippen LogP contribution in [-0.2, 0) is 4.79 Å². The minimum absolute atomic E-state index is 0.0240. The fourth-order valence-corrected chi connectivity index (χ4v) is 3.06. The summed E-state index contributed by atoms with van der Waals surface area (Å²) < 4.78 is 14.0. The second kappa shape index (κ2) is 7.09. The molecule has 2 unspecified atom stereocenters. The van der Waals surface area contributed by atoms with Crippen LogP contribution in [0.5, 0.6) is 0 Å². The highest BCUT2D eigenvalue weighted by Crippen LogP contribution is 2.28. The van der Waals surface area contributed by atoms with Gasteiger partial charge in [0.05, 0.1) is 23.5 Å². The van der Waals surface area contributed by atoms with Crippen LogP contribution in [0.1, 0.15) is 31.5 Å². The van der Waals surface area contributed by atoms with E-state index in [-0.39, 0.29) is 23.8 Å². The van der Waals surface area contributed by atoms with Gasteiger partial charge in [-0.2, -0.15) is 0 Å². The van der Waals surface area contributed by atoms with Crippen LogP contribution in [0.2, 0.25) is 0 Å². The monoisotopic (exact) mass is 327 g/mol. The lowest BCUT2D eigenvalue weighted by molar-refractivity contribution is -0.131. The lowest BCUT2D eigenvalue weighted by Crippen LogP contribution is -2.42. The van der Waals surface area contributed by atoms with E-state index in [1.165, 1.54) is 6.07 Å². The molecule has 0 saturated carbocycles. The van der Waals surface area contributed by atoms with Gasteiger partial charge < -0.3 is 4.90 Å². The molecular weight excluding hydrogens is 305 g/mol. The van der Waals surface area contributed by atoms with Crippen molar-refractivity contribution in [2.24, 2.45) is 0 Å². The van der Waals surface area contributed by atoms with Gasteiger partial charge in [0.15, 0.2) is 0 Å². The molecule has 0 bridgehead atoms. The van der Waals surface area contributed by atoms with Gasteiger partial charge in [-0.3, -0.25) is 15.1 Å².